The first-order valence-corrected chi connectivity index (χ1v) is 5.39. The molecule has 0 aliphatic heterocycles. The zero-order valence-corrected chi connectivity index (χ0v) is 10.8. The standard InChI is InChI=1S/C11H13N3O6/c1-19-7-3-4-8(20-2)10(14(17)18)9(7)11(12-5-15)13-6-16/h3-6,11H,1-2H3,(H,12,15)(H,13,16). The molecule has 0 bridgehead atoms. The Morgan fingerprint density at radius 1 is 1.15 bits per heavy atom. The van der Waals surface area contributed by atoms with Crippen molar-refractivity contribution in [3.05, 3.63) is 27.8 Å². The third-order valence-electron chi connectivity index (χ3n) is 2.52. The van der Waals surface area contributed by atoms with Gasteiger partial charge in [-0.2, -0.15) is 0 Å². The van der Waals surface area contributed by atoms with Crippen molar-refractivity contribution >= 4 is 18.5 Å². The molecule has 0 aromatic heterocycles. The van der Waals surface area contributed by atoms with Gasteiger partial charge in [0.2, 0.25) is 12.8 Å². The number of carbonyl (C=O) groups excluding carboxylic acids is 2. The molecule has 0 spiro atoms. The van der Waals surface area contributed by atoms with Gasteiger partial charge in [-0.05, 0) is 12.1 Å². The highest BCUT2D eigenvalue weighted by molar-refractivity contribution is 5.63. The second-order valence-electron chi connectivity index (χ2n) is 3.49. The molecule has 0 aliphatic carbocycles. The van der Waals surface area contributed by atoms with Crippen molar-refractivity contribution < 1.29 is 24.0 Å². The van der Waals surface area contributed by atoms with Gasteiger partial charge in [0.1, 0.15) is 17.5 Å². The molecular formula is C11H13N3O6. The lowest BCUT2D eigenvalue weighted by atomic mass is 10.1. The SMILES string of the molecule is COc1ccc(OC)c([N+](=O)[O-])c1C(NC=O)NC=O. The van der Waals surface area contributed by atoms with Crippen LogP contribution in [0.15, 0.2) is 12.1 Å². The van der Waals surface area contributed by atoms with Gasteiger partial charge < -0.3 is 20.1 Å². The number of methoxy groups -OCH3 is 2. The summed E-state index contributed by atoms with van der Waals surface area (Å²) in [6, 6.07) is 2.80. The van der Waals surface area contributed by atoms with Crippen molar-refractivity contribution in [2.45, 2.75) is 6.17 Å². The average molecular weight is 283 g/mol. The van der Waals surface area contributed by atoms with E-state index in [4.69, 9.17) is 9.47 Å². The maximum Gasteiger partial charge on any atom is 0.321 e. The van der Waals surface area contributed by atoms with Crippen molar-refractivity contribution in [3.63, 3.8) is 0 Å². The van der Waals surface area contributed by atoms with Gasteiger partial charge in [-0.15, -0.1) is 0 Å². The van der Waals surface area contributed by atoms with Crippen LogP contribution < -0.4 is 20.1 Å². The number of benzene rings is 1. The van der Waals surface area contributed by atoms with E-state index in [1.165, 1.54) is 26.4 Å². The molecule has 0 atom stereocenters. The Balaban J connectivity index is 3.55. The Kier molecular flexibility index (Phi) is 5.27. The minimum absolute atomic E-state index is 0.0174. The van der Waals surface area contributed by atoms with Crippen LogP contribution in [0.25, 0.3) is 0 Å². The molecule has 0 saturated carbocycles. The molecule has 0 unspecified atom stereocenters. The number of hydrogen-bond donors (Lipinski definition) is 2. The summed E-state index contributed by atoms with van der Waals surface area (Å²) in [5.41, 5.74) is -0.420. The number of hydrogen-bond acceptors (Lipinski definition) is 6. The fourth-order valence-electron chi connectivity index (χ4n) is 1.73. The van der Waals surface area contributed by atoms with Crippen LogP contribution >= 0.6 is 0 Å². The van der Waals surface area contributed by atoms with Gasteiger partial charge in [-0.3, -0.25) is 19.7 Å². The molecule has 0 radical (unpaired) electrons. The Morgan fingerprint density at radius 2 is 1.65 bits per heavy atom. The van der Waals surface area contributed by atoms with E-state index >= 15 is 0 Å². The Hall–Kier alpha value is -2.84. The van der Waals surface area contributed by atoms with Crippen molar-refractivity contribution in [3.8, 4) is 11.5 Å². The molecule has 2 N–H and O–H groups in total. The van der Waals surface area contributed by atoms with Crippen LogP contribution in [0.3, 0.4) is 0 Å². The molecule has 0 saturated heterocycles. The minimum atomic E-state index is -1.12. The smallest absolute Gasteiger partial charge is 0.321 e. The summed E-state index contributed by atoms with van der Waals surface area (Å²) in [5, 5.41) is 15.7. The fourth-order valence-corrected chi connectivity index (χ4v) is 1.73. The maximum absolute atomic E-state index is 11.2. The van der Waals surface area contributed by atoms with Crippen LogP contribution in [0.5, 0.6) is 11.5 Å². The minimum Gasteiger partial charge on any atom is -0.496 e. The van der Waals surface area contributed by atoms with E-state index in [9.17, 15) is 19.7 Å². The van der Waals surface area contributed by atoms with E-state index in [1.807, 2.05) is 0 Å². The Bertz CT molecular complexity index is 509. The quantitative estimate of drug-likeness (QED) is 0.302. The summed E-state index contributed by atoms with van der Waals surface area (Å²) in [6.07, 6.45) is -0.497. The number of rotatable bonds is 8. The van der Waals surface area contributed by atoms with Gasteiger partial charge in [-0.25, -0.2) is 0 Å². The number of nitro benzene ring substituents is 1. The molecule has 1 aromatic rings. The number of carbonyl (C=O) groups is 2. The van der Waals surface area contributed by atoms with E-state index in [0.29, 0.717) is 12.8 Å². The molecule has 20 heavy (non-hydrogen) atoms. The van der Waals surface area contributed by atoms with Crippen molar-refractivity contribution in [2.24, 2.45) is 0 Å². The molecule has 9 nitrogen and oxygen atoms in total. The van der Waals surface area contributed by atoms with Crippen LogP contribution in [0.2, 0.25) is 0 Å². The van der Waals surface area contributed by atoms with Crippen LogP contribution in [0, 0.1) is 10.1 Å². The Labute approximate surface area is 114 Å². The summed E-state index contributed by atoms with van der Waals surface area (Å²) < 4.78 is 9.96. The number of nitrogens with zero attached hydrogens (tertiary/aromatic N) is 1. The van der Waals surface area contributed by atoms with Gasteiger partial charge in [0.05, 0.1) is 19.1 Å². The monoisotopic (exact) mass is 283 g/mol. The largest absolute Gasteiger partial charge is 0.496 e. The third-order valence-corrected chi connectivity index (χ3v) is 2.52. The van der Waals surface area contributed by atoms with Gasteiger partial charge in [0, 0.05) is 0 Å². The first kappa shape index (κ1) is 15.2. The van der Waals surface area contributed by atoms with Crippen LogP contribution in [0.1, 0.15) is 11.7 Å². The Morgan fingerprint density at radius 3 is 2.05 bits per heavy atom. The van der Waals surface area contributed by atoms with E-state index < -0.39 is 16.8 Å². The molecular weight excluding hydrogens is 270 g/mol. The zero-order chi connectivity index (χ0) is 15.1. The summed E-state index contributed by atoms with van der Waals surface area (Å²) in [4.78, 5) is 31.7. The topological polar surface area (TPSA) is 120 Å². The predicted molar refractivity (Wildman–Crippen MR) is 67.3 cm³/mol. The molecule has 108 valence electrons. The first-order valence-electron chi connectivity index (χ1n) is 5.39. The molecule has 1 aromatic carbocycles. The molecule has 2 amide bonds. The van der Waals surface area contributed by atoms with Gasteiger partial charge >= 0.3 is 5.69 Å². The maximum atomic E-state index is 11.2. The number of amides is 2. The summed E-state index contributed by atoms with van der Waals surface area (Å²) in [5.74, 6) is 0.113. The van der Waals surface area contributed by atoms with Gasteiger partial charge in [0.15, 0.2) is 5.75 Å². The van der Waals surface area contributed by atoms with Crippen molar-refractivity contribution in [1.82, 2.24) is 10.6 Å². The second-order valence-corrected chi connectivity index (χ2v) is 3.49. The lowest BCUT2D eigenvalue weighted by Crippen LogP contribution is -2.33. The normalized spacial score (nSPS) is 9.75. The highest BCUT2D eigenvalue weighted by Crippen LogP contribution is 2.39. The van der Waals surface area contributed by atoms with Crippen LogP contribution in [-0.2, 0) is 9.59 Å². The zero-order valence-electron chi connectivity index (χ0n) is 10.8. The second kappa shape index (κ2) is 6.92. The van der Waals surface area contributed by atoms with Gasteiger partial charge in [0.25, 0.3) is 0 Å². The van der Waals surface area contributed by atoms with Crippen LogP contribution in [-0.4, -0.2) is 32.0 Å². The van der Waals surface area contributed by atoms with Crippen molar-refractivity contribution in [2.75, 3.05) is 14.2 Å². The van der Waals surface area contributed by atoms with E-state index in [2.05, 4.69) is 10.6 Å². The fraction of sp³-hybridized carbons (Fsp3) is 0.273. The van der Waals surface area contributed by atoms with E-state index in [1.54, 1.807) is 0 Å². The molecule has 9 heteroatoms. The molecule has 0 heterocycles. The first-order chi connectivity index (χ1) is 9.60. The summed E-state index contributed by atoms with van der Waals surface area (Å²) in [6.45, 7) is 0. The molecule has 0 fully saturated rings. The molecule has 0 aliphatic rings. The van der Waals surface area contributed by atoms with E-state index in [-0.39, 0.29) is 17.1 Å². The van der Waals surface area contributed by atoms with E-state index in [0.717, 1.165) is 0 Å². The summed E-state index contributed by atoms with van der Waals surface area (Å²) >= 11 is 0. The highest BCUT2D eigenvalue weighted by atomic mass is 16.6. The lowest BCUT2D eigenvalue weighted by molar-refractivity contribution is -0.386. The predicted octanol–water partition coefficient (Wildman–Crippen LogP) is 0.103. The average Bonchev–Trinajstić information content (AvgIpc) is 2.45. The van der Waals surface area contributed by atoms with Crippen LogP contribution in [0.4, 0.5) is 5.69 Å². The summed E-state index contributed by atoms with van der Waals surface area (Å²) in [7, 11) is 2.59. The van der Waals surface area contributed by atoms with Gasteiger partial charge in [-0.1, -0.05) is 0 Å². The number of nitro groups is 1. The molecule has 1 rings (SSSR count). The highest BCUT2D eigenvalue weighted by Gasteiger charge is 2.30. The lowest BCUT2D eigenvalue weighted by Gasteiger charge is -2.19. The number of nitrogens with one attached hydrogen (secondary N) is 2. The third kappa shape index (κ3) is 2.94. The number of ether oxygens (including phenoxy) is 2. The van der Waals surface area contributed by atoms with Crippen molar-refractivity contribution in [1.29, 1.82) is 0 Å².